The number of ether oxygens (including phenoxy) is 1. The van der Waals surface area contributed by atoms with Gasteiger partial charge in [0.25, 0.3) is 0 Å². The van der Waals surface area contributed by atoms with Crippen LogP contribution < -0.4 is 4.74 Å². The maximum Gasteiger partial charge on any atom is 0.181 e. The largest absolute Gasteiger partial charge is 0.454 e. The molecule has 8 nitrogen and oxygen atoms in total. The summed E-state index contributed by atoms with van der Waals surface area (Å²) in [5, 5.41) is 14.6. The fraction of sp³-hybridized carbons (Fsp3) is 0.364. The molecule has 30 heavy (non-hydrogen) atoms. The van der Waals surface area contributed by atoms with E-state index in [4.69, 9.17) is 9.73 Å². The molecule has 2 aromatic carbocycles. The number of benzene rings is 2. The number of nitrogens with zero attached hydrogens (tertiary/aromatic N) is 6. The van der Waals surface area contributed by atoms with Crippen LogP contribution in [0.4, 0.5) is 5.69 Å². The Balaban J connectivity index is 1.36. The molecule has 0 amide bonds. The topological polar surface area (TPSA) is 82.5 Å². The predicted octanol–water partition coefficient (Wildman–Crippen LogP) is 2.98. The molecule has 2 aliphatic heterocycles. The highest BCUT2D eigenvalue weighted by Gasteiger charge is 2.31. The Labute approximate surface area is 175 Å². The summed E-state index contributed by atoms with van der Waals surface area (Å²) >= 11 is 0. The summed E-state index contributed by atoms with van der Waals surface area (Å²) in [6, 6.07) is 16.1. The van der Waals surface area contributed by atoms with E-state index in [1.807, 2.05) is 42.5 Å². The van der Waals surface area contributed by atoms with Crippen LogP contribution in [-0.4, -0.2) is 69.0 Å². The first kappa shape index (κ1) is 18.7. The van der Waals surface area contributed by atoms with Crippen molar-refractivity contribution in [2.24, 2.45) is 4.99 Å². The zero-order valence-electron chi connectivity index (χ0n) is 17.2. The second kappa shape index (κ2) is 7.53. The molecule has 2 aliphatic rings. The van der Waals surface area contributed by atoms with E-state index in [-0.39, 0.29) is 5.41 Å². The number of hydrogen-bond acceptors (Lipinski definition) is 7. The molecule has 0 saturated carbocycles. The van der Waals surface area contributed by atoms with E-state index in [0.717, 1.165) is 67.1 Å². The quantitative estimate of drug-likeness (QED) is 0.724. The SMILES string of the molecule is CC(C)(CN1CCN(C2=Nc3ccccc3Oc3ccccc32)CC1)c1nn[nH]n1. The van der Waals surface area contributed by atoms with Gasteiger partial charge in [-0.1, -0.05) is 43.3 Å². The summed E-state index contributed by atoms with van der Waals surface area (Å²) in [5.41, 5.74) is 1.74. The second-order valence-electron chi connectivity index (χ2n) is 8.38. The van der Waals surface area contributed by atoms with E-state index in [2.05, 4.69) is 50.3 Å². The van der Waals surface area contributed by atoms with Crippen molar-refractivity contribution in [3.05, 3.63) is 59.9 Å². The average Bonchev–Trinajstić information content (AvgIpc) is 3.25. The average molecular weight is 403 g/mol. The third-order valence-corrected chi connectivity index (χ3v) is 5.68. The van der Waals surface area contributed by atoms with Gasteiger partial charge in [-0.2, -0.15) is 5.21 Å². The first-order chi connectivity index (χ1) is 14.6. The molecule has 1 aromatic heterocycles. The zero-order valence-corrected chi connectivity index (χ0v) is 17.2. The van der Waals surface area contributed by atoms with Crippen molar-refractivity contribution in [3.8, 4) is 11.5 Å². The molecule has 1 N–H and O–H groups in total. The number of amidine groups is 1. The number of aliphatic imine (C=N–C) groups is 1. The van der Waals surface area contributed by atoms with Gasteiger partial charge < -0.3 is 9.64 Å². The Morgan fingerprint density at radius 1 is 0.967 bits per heavy atom. The molecule has 1 saturated heterocycles. The van der Waals surface area contributed by atoms with Crippen molar-refractivity contribution < 1.29 is 4.74 Å². The van der Waals surface area contributed by atoms with E-state index in [9.17, 15) is 0 Å². The van der Waals surface area contributed by atoms with Crippen LogP contribution in [0.15, 0.2) is 53.5 Å². The number of fused-ring (bicyclic) bond motifs is 2. The highest BCUT2D eigenvalue weighted by molar-refractivity contribution is 6.03. The van der Waals surface area contributed by atoms with Crippen LogP contribution in [0.2, 0.25) is 0 Å². The van der Waals surface area contributed by atoms with E-state index in [1.54, 1.807) is 0 Å². The van der Waals surface area contributed by atoms with Crippen LogP contribution in [0.3, 0.4) is 0 Å². The molecule has 0 bridgehead atoms. The van der Waals surface area contributed by atoms with Gasteiger partial charge in [0.15, 0.2) is 11.6 Å². The molecule has 0 unspecified atom stereocenters. The third-order valence-electron chi connectivity index (χ3n) is 5.68. The van der Waals surface area contributed by atoms with Crippen molar-refractivity contribution in [1.29, 1.82) is 0 Å². The lowest BCUT2D eigenvalue weighted by molar-refractivity contribution is 0.153. The summed E-state index contributed by atoms with van der Waals surface area (Å²) in [7, 11) is 0. The first-order valence-electron chi connectivity index (χ1n) is 10.3. The van der Waals surface area contributed by atoms with Crippen LogP contribution in [0.5, 0.6) is 11.5 Å². The summed E-state index contributed by atoms with van der Waals surface area (Å²) in [5.74, 6) is 3.37. The van der Waals surface area contributed by atoms with E-state index < -0.39 is 0 Å². The molecular formula is C22H25N7O. The smallest absolute Gasteiger partial charge is 0.181 e. The molecule has 0 atom stereocenters. The van der Waals surface area contributed by atoms with Gasteiger partial charge in [-0.3, -0.25) is 4.90 Å². The standard InChI is InChI=1S/C22H25N7O/c1-22(2,21-24-26-27-25-21)15-28-11-13-29(14-12-28)20-16-7-3-5-9-18(16)30-19-10-6-4-8-17(19)23-20/h3-10H,11-15H2,1-2H3,(H,24,25,26,27). The Morgan fingerprint density at radius 2 is 1.70 bits per heavy atom. The minimum atomic E-state index is -0.158. The normalized spacial score (nSPS) is 16.9. The molecular weight excluding hydrogens is 378 g/mol. The molecule has 0 radical (unpaired) electrons. The number of tetrazole rings is 1. The summed E-state index contributed by atoms with van der Waals surface area (Å²) in [6.07, 6.45) is 0. The first-order valence-corrected chi connectivity index (χ1v) is 10.3. The van der Waals surface area contributed by atoms with Gasteiger partial charge in [0.2, 0.25) is 0 Å². The predicted molar refractivity (Wildman–Crippen MR) is 114 cm³/mol. The summed E-state index contributed by atoms with van der Waals surface area (Å²) < 4.78 is 6.18. The summed E-state index contributed by atoms with van der Waals surface area (Å²) in [4.78, 5) is 9.83. The number of para-hydroxylation sites is 3. The molecule has 3 aromatic rings. The van der Waals surface area contributed by atoms with E-state index in [0.29, 0.717) is 0 Å². The van der Waals surface area contributed by atoms with Crippen LogP contribution in [-0.2, 0) is 5.41 Å². The van der Waals surface area contributed by atoms with Crippen LogP contribution in [0, 0.1) is 0 Å². The van der Waals surface area contributed by atoms with Crippen LogP contribution in [0.25, 0.3) is 0 Å². The maximum atomic E-state index is 6.18. The van der Waals surface area contributed by atoms with Gasteiger partial charge >= 0.3 is 0 Å². The monoisotopic (exact) mass is 403 g/mol. The zero-order chi connectivity index (χ0) is 20.6. The molecule has 154 valence electrons. The van der Waals surface area contributed by atoms with Gasteiger partial charge in [-0.25, -0.2) is 4.99 Å². The van der Waals surface area contributed by atoms with Crippen molar-refractivity contribution in [2.75, 3.05) is 32.7 Å². The van der Waals surface area contributed by atoms with Gasteiger partial charge in [0, 0.05) is 38.1 Å². The summed E-state index contributed by atoms with van der Waals surface area (Å²) in [6.45, 7) is 8.90. The molecule has 8 heteroatoms. The Hall–Kier alpha value is -3.26. The van der Waals surface area contributed by atoms with Gasteiger partial charge in [0.1, 0.15) is 17.3 Å². The number of aromatic amines is 1. The highest BCUT2D eigenvalue weighted by atomic mass is 16.5. The van der Waals surface area contributed by atoms with Gasteiger partial charge in [-0.05, 0) is 24.3 Å². The fourth-order valence-corrected chi connectivity index (χ4v) is 4.11. The van der Waals surface area contributed by atoms with Gasteiger partial charge in [0.05, 0.1) is 5.56 Å². The van der Waals surface area contributed by atoms with Gasteiger partial charge in [-0.15, -0.1) is 10.2 Å². The highest BCUT2D eigenvalue weighted by Crippen LogP contribution is 2.38. The number of H-pyrrole nitrogens is 1. The van der Waals surface area contributed by atoms with Crippen LogP contribution in [0.1, 0.15) is 25.2 Å². The molecule has 1 fully saturated rings. The number of hydrogen-bond donors (Lipinski definition) is 1. The fourth-order valence-electron chi connectivity index (χ4n) is 4.11. The lowest BCUT2D eigenvalue weighted by atomic mass is 9.91. The lowest BCUT2D eigenvalue weighted by Gasteiger charge is -2.39. The molecule has 0 aliphatic carbocycles. The minimum absolute atomic E-state index is 0.158. The van der Waals surface area contributed by atoms with Crippen molar-refractivity contribution in [1.82, 2.24) is 30.4 Å². The Bertz CT molecular complexity index is 1050. The molecule has 0 spiro atoms. The Kier molecular flexibility index (Phi) is 4.71. The number of aromatic nitrogens is 4. The molecule has 5 rings (SSSR count). The van der Waals surface area contributed by atoms with E-state index >= 15 is 0 Å². The van der Waals surface area contributed by atoms with E-state index in [1.165, 1.54) is 0 Å². The molecule has 3 heterocycles. The maximum absolute atomic E-state index is 6.18. The van der Waals surface area contributed by atoms with Crippen molar-refractivity contribution in [3.63, 3.8) is 0 Å². The lowest BCUT2D eigenvalue weighted by Crippen LogP contribution is -2.51. The number of piperazine rings is 1. The number of rotatable bonds is 3. The third kappa shape index (κ3) is 3.54. The minimum Gasteiger partial charge on any atom is -0.454 e. The van der Waals surface area contributed by atoms with Crippen molar-refractivity contribution in [2.45, 2.75) is 19.3 Å². The van der Waals surface area contributed by atoms with Crippen LogP contribution >= 0.6 is 0 Å². The number of nitrogens with one attached hydrogen (secondary N) is 1. The van der Waals surface area contributed by atoms with Crippen molar-refractivity contribution >= 4 is 11.5 Å². The Morgan fingerprint density at radius 3 is 2.47 bits per heavy atom. The second-order valence-corrected chi connectivity index (χ2v) is 8.38.